The lowest BCUT2D eigenvalue weighted by Crippen LogP contribution is -2.07. The highest BCUT2D eigenvalue weighted by Crippen LogP contribution is 2.33. The van der Waals surface area contributed by atoms with Gasteiger partial charge in [0.1, 0.15) is 17.3 Å². The molecule has 1 aliphatic heterocycles. The Kier molecular flexibility index (Phi) is 5.07. The zero-order valence-electron chi connectivity index (χ0n) is 14.7. The standard InChI is InChI=1S/C21H19N3O3/c25-14-20-22-13-18(19-7-4-12-26-19)21(24-20)23-15-8-10-17(11-9-15)27-16-5-2-1-3-6-16/h1-3,5-6,8-11,13-14,19H,4,7,12H2,(H,22,23,24). The molecule has 1 aromatic heterocycles. The number of aromatic nitrogens is 2. The third kappa shape index (κ3) is 4.12. The molecule has 2 heterocycles. The van der Waals surface area contributed by atoms with Crippen molar-refractivity contribution in [3.63, 3.8) is 0 Å². The summed E-state index contributed by atoms with van der Waals surface area (Å²) >= 11 is 0. The van der Waals surface area contributed by atoms with Crippen molar-refractivity contribution in [3.05, 3.63) is 72.2 Å². The van der Waals surface area contributed by atoms with Crippen LogP contribution in [0.15, 0.2) is 60.8 Å². The van der Waals surface area contributed by atoms with Crippen molar-refractivity contribution in [2.75, 3.05) is 11.9 Å². The first-order valence-electron chi connectivity index (χ1n) is 8.85. The van der Waals surface area contributed by atoms with E-state index in [4.69, 9.17) is 9.47 Å². The molecule has 0 aliphatic carbocycles. The quantitative estimate of drug-likeness (QED) is 0.643. The van der Waals surface area contributed by atoms with Crippen LogP contribution in [0.5, 0.6) is 11.5 Å². The second-order valence-corrected chi connectivity index (χ2v) is 6.22. The van der Waals surface area contributed by atoms with Crippen molar-refractivity contribution in [1.82, 2.24) is 9.97 Å². The Bertz CT molecular complexity index is 908. The second kappa shape index (κ2) is 7.97. The number of para-hydroxylation sites is 1. The van der Waals surface area contributed by atoms with E-state index in [0.29, 0.717) is 12.1 Å². The number of benzene rings is 2. The molecule has 1 N–H and O–H groups in total. The Morgan fingerprint density at radius 3 is 2.56 bits per heavy atom. The lowest BCUT2D eigenvalue weighted by Gasteiger charge is -2.15. The van der Waals surface area contributed by atoms with Crippen LogP contribution in [-0.4, -0.2) is 22.9 Å². The van der Waals surface area contributed by atoms with Crippen LogP contribution in [0.1, 0.15) is 35.1 Å². The summed E-state index contributed by atoms with van der Waals surface area (Å²) < 4.78 is 11.6. The molecule has 6 heteroatoms. The van der Waals surface area contributed by atoms with Gasteiger partial charge in [-0.2, -0.15) is 0 Å². The first-order valence-corrected chi connectivity index (χ1v) is 8.85. The minimum atomic E-state index is -0.0473. The van der Waals surface area contributed by atoms with Crippen LogP contribution in [0.3, 0.4) is 0 Å². The highest BCUT2D eigenvalue weighted by molar-refractivity contribution is 5.71. The minimum absolute atomic E-state index is 0.0473. The normalized spacial score (nSPS) is 16.1. The number of hydrogen-bond donors (Lipinski definition) is 1. The van der Waals surface area contributed by atoms with Gasteiger partial charge in [-0.1, -0.05) is 18.2 Å². The highest BCUT2D eigenvalue weighted by atomic mass is 16.5. The molecule has 0 amide bonds. The molecule has 6 nitrogen and oxygen atoms in total. The first kappa shape index (κ1) is 17.2. The molecule has 2 aromatic carbocycles. The molecule has 1 saturated heterocycles. The zero-order chi connectivity index (χ0) is 18.5. The van der Waals surface area contributed by atoms with Crippen LogP contribution < -0.4 is 10.1 Å². The molecule has 1 aliphatic rings. The maximum atomic E-state index is 11.1. The fourth-order valence-corrected chi connectivity index (χ4v) is 2.99. The molecule has 3 aromatic rings. The number of carbonyl (C=O) groups excluding carboxylic acids is 1. The Morgan fingerprint density at radius 2 is 1.85 bits per heavy atom. The van der Waals surface area contributed by atoms with E-state index in [9.17, 15) is 4.79 Å². The van der Waals surface area contributed by atoms with E-state index in [1.807, 2.05) is 54.6 Å². The Labute approximate surface area is 157 Å². The van der Waals surface area contributed by atoms with Crippen molar-refractivity contribution >= 4 is 17.8 Å². The van der Waals surface area contributed by atoms with E-state index < -0.39 is 0 Å². The van der Waals surface area contributed by atoms with Crippen molar-refractivity contribution in [2.45, 2.75) is 18.9 Å². The fourth-order valence-electron chi connectivity index (χ4n) is 2.99. The van der Waals surface area contributed by atoms with Crippen molar-refractivity contribution in [3.8, 4) is 11.5 Å². The monoisotopic (exact) mass is 361 g/mol. The van der Waals surface area contributed by atoms with Gasteiger partial charge in [0.2, 0.25) is 0 Å². The number of hydrogen-bond acceptors (Lipinski definition) is 6. The van der Waals surface area contributed by atoms with Gasteiger partial charge in [0.05, 0.1) is 6.10 Å². The van der Waals surface area contributed by atoms with Crippen LogP contribution in [-0.2, 0) is 4.74 Å². The summed E-state index contributed by atoms with van der Waals surface area (Å²) in [5.74, 6) is 2.26. The molecule has 1 unspecified atom stereocenters. The Morgan fingerprint density at radius 1 is 1.07 bits per heavy atom. The van der Waals surface area contributed by atoms with Crippen LogP contribution >= 0.6 is 0 Å². The summed E-state index contributed by atoms with van der Waals surface area (Å²) in [7, 11) is 0. The molecule has 0 bridgehead atoms. The topological polar surface area (TPSA) is 73.3 Å². The van der Waals surface area contributed by atoms with Crippen molar-refractivity contribution in [1.29, 1.82) is 0 Å². The summed E-state index contributed by atoms with van der Waals surface area (Å²) in [5, 5.41) is 3.27. The Balaban J connectivity index is 1.53. The minimum Gasteiger partial charge on any atom is -0.457 e. The van der Waals surface area contributed by atoms with E-state index >= 15 is 0 Å². The van der Waals surface area contributed by atoms with Crippen LogP contribution in [0.4, 0.5) is 11.5 Å². The summed E-state index contributed by atoms with van der Waals surface area (Å²) in [4.78, 5) is 19.5. The largest absolute Gasteiger partial charge is 0.457 e. The zero-order valence-corrected chi connectivity index (χ0v) is 14.7. The lowest BCUT2D eigenvalue weighted by atomic mass is 10.1. The summed E-state index contributed by atoms with van der Waals surface area (Å²) in [6, 6.07) is 17.2. The van der Waals surface area contributed by atoms with E-state index in [2.05, 4.69) is 15.3 Å². The van der Waals surface area contributed by atoms with Crippen LogP contribution in [0, 0.1) is 0 Å². The van der Waals surface area contributed by atoms with Crippen molar-refractivity contribution < 1.29 is 14.3 Å². The number of anilines is 2. The fraction of sp³-hybridized carbons (Fsp3) is 0.190. The number of carbonyl (C=O) groups is 1. The number of aldehydes is 1. The molecule has 0 radical (unpaired) electrons. The van der Waals surface area contributed by atoms with Crippen molar-refractivity contribution in [2.24, 2.45) is 0 Å². The molecule has 4 rings (SSSR count). The van der Waals surface area contributed by atoms with Gasteiger partial charge in [-0.25, -0.2) is 9.97 Å². The van der Waals surface area contributed by atoms with Gasteiger partial charge >= 0.3 is 0 Å². The molecule has 1 fully saturated rings. The number of nitrogens with one attached hydrogen (secondary N) is 1. The predicted molar refractivity (Wildman–Crippen MR) is 102 cm³/mol. The maximum Gasteiger partial charge on any atom is 0.194 e. The first-order chi connectivity index (χ1) is 13.3. The number of ether oxygens (including phenoxy) is 2. The van der Waals surface area contributed by atoms with E-state index in [-0.39, 0.29) is 11.9 Å². The molecular formula is C21H19N3O3. The third-order valence-electron chi connectivity index (χ3n) is 4.31. The number of rotatable bonds is 6. The molecular weight excluding hydrogens is 342 g/mol. The molecule has 0 spiro atoms. The van der Waals surface area contributed by atoms with Gasteiger partial charge in [-0.3, -0.25) is 4.79 Å². The molecule has 1 atom stereocenters. The third-order valence-corrected chi connectivity index (χ3v) is 4.31. The van der Waals surface area contributed by atoms with Crippen LogP contribution in [0.25, 0.3) is 0 Å². The van der Waals surface area contributed by atoms with Crippen LogP contribution in [0.2, 0.25) is 0 Å². The SMILES string of the molecule is O=Cc1ncc(C2CCCO2)c(Nc2ccc(Oc3ccccc3)cc2)n1. The number of nitrogens with zero attached hydrogens (tertiary/aromatic N) is 2. The van der Waals surface area contributed by atoms with E-state index in [1.165, 1.54) is 0 Å². The summed E-state index contributed by atoms with van der Waals surface area (Å²) in [5.41, 5.74) is 1.70. The highest BCUT2D eigenvalue weighted by Gasteiger charge is 2.22. The summed E-state index contributed by atoms with van der Waals surface area (Å²) in [6.45, 7) is 0.727. The van der Waals surface area contributed by atoms with Gasteiger partial charge < -0.3 is 14.8 Å². The predicted octanol–water partition coefficient (Wildman–Crippen LogP) is 4.68. The maximum absolute atomic E-state index is 11.1. The summed E-state index contributed by atoms with van der Waals surface area (Å²) in [6.07, 6.45) is 4.19. The molecule has 136 valence electrons. The lowest BCUT2D eigenvalue weighted by molar-refractivity contribution is 0.110. The van der Waals surface area contributed by atoms with Gasteiger partial charge in [-0.15, -0.1) is 0 Å². The van der Waals surface area contributed by atoms with Gasteiger partial charge in [0, 0.05) is 24.1 Å². The Hall–Kier alpha value is -3.25. The smallest absolute Gasteiger partial charge is 0.194 e. The van der Waals surface area contributed by atoms with Gasteiger partial charge in [0.25, 0.3) is 0 Å². The average Bonchev–Trinajstić information content (AvgIpc) is 3.25. The average molecular weight is 361 g/mol. The van der Waals surface area contributed by atoms with Gasteiger partial charge in [0.15, 0.2) is 12.1 Å². The molecule has 27 heavy (non-hydrogen) atoms. The van der Waals surface area contributed by atoms with E-state index in [0.717, 1.165) is 42.2 Å². The second-order valence-electron chi connectivity index (χ2n) is 6.22. The van der Waals surface area contributed by atoms with E-state index in [1.54, 1.807) is 6.20 Å². The van der Waals surface area contributed by atoms with Gasteiger partial charge in [-0.05, 0) is 49.2 Å². The molecule has 0 saturated carbocycles.